The van der Waals surface area contributed by atoms with E-state index in [9.17, 15) is 24.5 Å². The average molecular weight is 433 g/mol. The van der Waals surface area contributed by atoms with Gasteiger partial charge in [-0.25, -0.2) is 4.98 Å². The van der Waals surface area contributed by atoms with Crippen molar-refractivity contribution in [2.75, 3.05) is 25.8 Å². The zero-order valence-corrected chi connectivity index (χ0v) is 17.7. The summed E-state index contributed by atoms with van der Waals surface area (Å²) < 4.78 is 12.9. The quantitative estimate of drug-likeness (QED) is 0.368. The maximum atomic E-state index is 12.9. The minimum absolute atomic E-state index is 0.0167. The number of aliphatic carboxylic acids is 1. The van der Waals surface area contributed by atoms with Crippen molar-refractivity contribution in [2.45, 2.75) is 31.0 Å². The highest BCUT2D eigenvalue weighted by Crippen LogP contribution is 2.59. The van der Waals surface area contributed by atoms with Crippen molar-refractivity contribution >= 4 is 13.3 Å². The summed E-state index contributed by atoms with van der Waals surface area (Å²) in [5.41, 5.74) is 8.25. The molecule has 2 atom stereocenters. The summed E-state index contributed by atoms with van der Waals surface area (Å²) in [5, 5.41) is 17.7. The first kappa shape index (κ1) is 22.4. The molecule has 1 unspecified atom stereocenters. The van der Waals surface area contributed by atoms with Gasteiger partial charge in [-0.2, -0.15) is 0 Å². The topological polar surface area (TPSA) is 137 Å². The Kier molecular flexibility index (Phi) is 6.93. The molecule has 9 heteroatoms. The van der Waals surface area contributed by atoms with E-state index in [0.717, 1.165) is 16.7 Å². The number of pyridine rings is 1. The third-order valence-corrected chi connectivity index (χ3v) is 8.49. The minimum Gasteiger partial charge on any atom is -0.493 e. The fourth-order valence-electron chi connectivity index (χ4n) is 4.05. The Hall–Kier alpha value is -2.25. The zero-order valence-electron chi connectivity index (χ0n) is 16.8. The number of hydrogen-bond donors (Lipinski definition) is 4. The third kappa shape index (κ3) is 4.57. The summed E-state index contributed by atoms with van der Waals surface area (Å²) in [6, 6.07) is 11.0. The van der Waals surface area contributed by atoms with Gasteiger partial charge in [-0.15, -0.1) is 0 Å². The van der Waals surface area contributed by atoms with E-state index < -0.39 is 18.5 Å². The predicted molar refractivity (Wildman–Crippen MR) is 115 cm³/mol. The molecule has 0 saturated carbocycles. The van der Waals surface area contributed by atoms with E-state index in [1.54, 1.807) is 12.3 Å². The molecule has 0 bridgehead atoms. The fraction of sp³-hybridized carbons (Fsp3) is 0.429. The molecule has 1 aliphatic rings. The van der Waals surface area contributed by atoms with Crippen molar-refractivity contribution in [3.63, 3.8) is 0 Å². The molecule has 5 N–H and O–H groups in total. The van der Waals surface area contributed by atoms with Crippen LogP contribution in [0.25, 0.3) is 11.1 Å². The Morgan fingerprint density at radius 2 is 2.00 bits per heavy atom. The van der Waals surface area contributed by atoms with Crippen molar-refractivity contribution in [1.82, 2.24) is 9.88 Å². The van der Waals surface area contributed by atoms with Gasteiger partial charge in [0, 0.05) is 43.6 Å². The Labute approximate surface area is 175 Å². The van der Waals surface area contributed by atoms with Gasteiger partial charge in [0.1, 0.15) is 0 Å². The van der Waals surface area contributed by atoms with Crippen LogP contribution in [0.4, 0.5) is 0 Å². The number of rotatable bonds is 8. The zero-order chi connectivity index (χ0) is 21.8. The molecule has 1 aliphatic heterocycles. The molecule has 0 aliphatic carbocycles. The van der Waals surface area contributed by atoms with E-state index in [1.165, 1.54) is 6.07 Å². The Morgan fingerprint density at radius 3 is 2.67 bits per heavy atom. The number of benzene rings is 1. The first-order valence-corrected chi connectivity index (χ1v) is 11.8. The Morgan fingerprint density at radius 1 is 1.23 bits per heavy atom. The molecule has 162 valence electrons. The first-order valence-electron chi connectivity index (χ1n) is 10.00. The number of carboxylic acid groups (broad SMARTS) is 1. The van der Waals surface area contributed by atoms with Crippen molar-refractivity contribution in [2.24, 2.45) is 5.73 Å². The SMILES string of the molecule is NCCCC[C@@]1(C(=O)O)CN(Cc2ccccc2-c2ccc(O)nc2)CCP1(=O)O. The van der Waals surface area contributed by atoms with Gasteiger partial charge < -0.3 is 20.8 Å². The van der Waals surface area contributed by atoms with Crippen molar-refractivity contribution in [3.05, 3.63) is 48.2 Å². The maximum absolute atomic E-state index is 12.9. The molecular formula is C21H28N3O5P. The summed E-state index contributed by atoms with van der Waals surface area (Å²) in [7, 11) is -3.86. The second-order valence-electron chi connectivity index (χ2n) is 7.78. The van der Waals surface area contributed by atoms with Crippen LogP contribution in [0.5, 0.6) is 5.88 Å². The van der Waals surface area contributed by atoms with Gasteiger partial charge in [-0.1, -0.05) is 30.7 Å². The highest BCUT2D eigenvalue weighted by molar-refractivity contribution is 7.61. The number of aromatic hydroxyl groups is 1. The van der Waals surface area contributed by atoms with Gasteiger partial charge in [0.05, 0.1) is 0 Å². The summed E-state index contributed by atoms with van der Waals surface area (Å²) in [5.74, 6) is -1.28. The smallest absolute Gasteiger partial charge is 0.320 e. The van der Waals surface area contributed by atoms with E-state index in [2.05, 4.69) is 4.98 Å². The second kappa shape index (κ2) is 9.27. The highest BCUT2D eigenvalue weighted by atomic mass is 31.2. The number of carboxylic acids is 1. The fourth-order valence-corrected chi connectivity index (χ4v) is 6.26. The molecule has 8 nitrogen and oxygen atoms in total. The number of nitrogens with zero attached hydrogens (tertiary/aromatic N) is 2. The van der Waals surface area contributed by atoms with Crippen molar-refractivity contribution < 1.29 is 24.5 Å². The van der Waals surface area contributed by atoms with Crippen LogP contribution in [-0.4, -0.2) is 61.9 Å². The van der Waals surface area contributed by atoms with E-state index in [0.29, 0.717) is 32.5 Å². The molecule has 1 saturated heterocycles. The second-order valence-corrected chi connectivity index (χ2v) is 10.5. The molecule has 0 spiro atoms. The average Bonchev–Trinajstić information content (AvgIpc) is 2.71. The molecule has 1 aromatic carbocycles. The summed E-state index contributed by atoms with van der Waals surface area (Å²) in [6.07, 6.45) is 2.78. The molecule has 1 fully saturated rings. The van der Waals surface area contributed by atoms with Gasteiger partial charge in [0.25, 0.3) is 0 Å². The summed E-state index contributed by atoms with van der Waals surface area (Å²) in [4.78, 5) is 28.6. The van der Waals surface area contributed by atoms with Gasteiger partial charge in [0.2, 0.25) is 13.2 Å². The number of hydrogen-bond acceptors (Lipinski definition) is 6. The minimum atomic E-state index is -3.86. The number of carbonyl (C=O) groups is 1. The van der Waals surface area contributed by atoms with Crippen LogP contribution >= 0.6 is 7.37 Å². The Balaban J connectivity index is 1.87. The molecule has 0 radical (unpaired) electrons. The van der Waals surface area contributed by atoms with E-state index in [4.69, 9.17) is 5.73 Å². The Bertz CT molecular complexity index is 936. The molecule has 2 aromatic rings. The lowest BCUT2D eigenvalue weighted by molar-refractivity contribution is -0.141. The summed E-state index contributed by atoms with van der Waals surface area (Å²) >= 11 is 0. The molecule has 2 heterocycles. The van der Waals surface area contributed by atoms with Crippen molar-refractivity contribution in [3.8, 4) is 17.0 Å². The van der Waals surface area contributed by atoms with E-state index in [1.807, 2.05) is 29.2 Å². The first-order chi connectivity index (χ1) is 14.3. The molecular weight excluding hydrogens is 405 g/mol. The van der Waals surface area contributed by atoms with Crippen molar-refractivity contribution in [1.29, 1.82) is 0 Å². The lowest BCUT2D eigenvalue weighted by Crippen LogP contribution is -2.53. The summed E-state index contributed by atoms with van der Waals surface area (Å²) in [6.45, 7) is 1.23. The predicted octanol–water partition coefficient (Wildman–Crippen LogP) is 2.49. The third-order valence-electron chi connectivity index (χ3n) is 5.79. The van der Waals surface area contributed by atoms with Gasteiger partial charge in [-0.05, 0) is 36.6 Å². The van der Waals surface area contributed by atoms with Gasteiger partial charge in [0.15, 0.2) is 5.16 Å². The van der Waals surface area contributed by atoms with Crippen LogP contribution in [0, 0.1) is 0 Å². The standard InChI is InChI=1S/C21H28N3O5P/c22-10-4-3-9-21(20(26)27)15-24(11-12-30(21,28)29)14-17-5-1-2-6-18(17)16-7-8-19(25)23-13-16/h1-2,5-8,13H,3-4,9-12,14-15,22H2,(H,23,25)(H,26,27)(H,28,29)/t21-/m0/s1. The molecule has 1 aromatic heterocycles. The van der Waals surface area contributed by atoms with Crippen LogP contribution in [0.3, 0.4) is 0 Å². The lowest BCUT2D eigenvalue weighted by atomic mass is 9.97. The lowest BCUT2D eigenvalue weighted by Gasteiger charge is -2.43. The van der Waals surface area contributed by atoms with Crippen LogP contribution in [0.1, 0.15) is 24.8 Å². The van der Waals surface area contributed by atoms with Gasteiger partial charge >= 0.3 is 5.97 Å². The molecule has 3 rings (SSSR count). The van der Waals surface area contributed by atoms with E-state index in [-0.39, 0.29) is 25.0 Å². The van der Waals surface area contributed by atoms with E-state index >= 15 is 0 Å². The van der Waals surface area contributed by atoms with Crippen LogP contribution in [0.2, 0.25) is 0 Å². The molecule has 30 heavy (non-hydrogen) atoms. The normalized spacial score (nSPS) is 24.6. The molecule has 0 amide bonds. The number of nitrogens with two attached hydrogens (primary N) is 1. The number of aromatic nitrogens is 1. The van der Waals surface area contributed by atoms with Crippen LogP contribution < -0.4 is 5.73 Å². The van der Waals surface area contributed by atoms with Crippen LogP contribution in [0.15, 0.2) is 42.6 Å². The maximum Gasteiger partial charge on any atom is 0.320 e. The highest BCUT2D eigenvalue weighted by Gasteiger charge is 2.56. The van der Waals surface area contributed by atoms with Gasteiger partial charge in [-0.3, -0.25) is 14.3 Å². The van der Waals surface area contributed by atoms with Crippen LogP contribution in [-0.2, 0) is 15.9 Å². The monoisotopic (exact) mass is 433 g/mol. The number of unbranched alkanes of at least 4 members (excludes halogenated alkanes) is 1. The largest absolute Gasteiger partial charge is 0.493 e.